The summed E-state index contributed by atoms with van der Waals surface area (Å²) in [7, 11) is 1.84. The second-order valence-electron chi connectivity index (χ2n) is 8.16. The average molecular weight is 408 g/mol. The van der Waals surface area contributed by atoms with Crippen LogP contribution in [0.2, 0.25) is 0 Å². The highest BCUT2D eigenvalue weighted by atomic mass is 16.2. The monoisotopic (exact) mass is 407 g/mol. The quantitative estimate of drug-likeness (QED) is 0.485. The molecule has 0 spiro atoms. The first kappa shape index (κ1) is 19.3. The first-order chi connectivity index (χ1) is 15.2. The minimum absolute atomic E-state index is 0.0187. The number of rotatable bonds is 4. The van der Waals surface area contributed by atoms with Crippen molar-refractivity contribution in [3.8, 4) is 22.5 Å². The number of aryl methyl sites for hydroxylation is 1. The van der Waals surface area contributed by atoms with Crippen LogP contribution in [0.4, 0.5) is 0 Å². The van der Waals surface area contributed by atoms with Crippen LogP contribution in [-0.4, -0.2) is 28.1 Å². The average Bonchev–Trinajstić information content (AvgIpc) is 3.14. The number of benzene rings is 3. The smallest absolute Gasteiger partial charge is 0.253 e. The number of fused-ring (bicyclic) bond motifs is 3. The van der Waals surface area contributed by atoms with E-state index in [1.165, 1.54) is 16.7 Å². The molecule has 0 bridgehead atoms. The predicted octanol–water partition coefficient (Wildman–Crippen LogP) is 5.50. The van der Waals surface area contributed by atoms with Crippen LogP contribution >= 0.6 is 0 Å². The molecular weight excluding hydrogens is 382 g/mol. The van der Waals surface area contributed by atoms with E-state index in [4.69, 9.17) is 0 Å². The lowest BCUT2D eigenvalue weighted by Crippen LogP contribution is -2.26. The van der Waals surface area contributed by atoms with E-state index in [1.807, 2.05) is 61.6 Å². The van der Waals surface area contributed by atoms with Crippen LogP contribution in [0.1, 0.15) is 33.5 Å². The third-order valence-electron chi connectivity index (χ3n) is 6.04. The predicted molar refractivity (Wildman–Crippen MR) is 124 cm³/mol. The van der Waals surface area contributed by atoms with Crippen molar-refractivity contribution < 1.29 is 4.79 Å². The number of carbonyl (C=O) groups is 1. The fraction of sp³-hybridized carbons (Fsp3) is 0.185. The van der Waals surface area contributed by atoms with E-state index < -0.39 is 0 Å². The minimum atomic E-state index is 0.0187. The van der Waals surface area contributed by atoms with E-state index in [0.29, 0.717) is 12.1 Å². The molecule has 5 rings (SSSR count). The van der Waals surface area contributed by atoms with Gasteiger partial charge in [0.2, 0.25) is 0 Å². The maximum absolute atomic E-state index is 12.9. The van der Waals surface area contributed by atoms with Crippen LogP contribution in [0.25, 0.3) is 22.5 Å². The minimum Gasteiger partial charge on any atom is -0.337 e. The van der Waals surface area contributed by atoms with Crippen molar-refractivity contribution in [2.75, 3.05) is 7.05 Å². The summed E-state index contributed by atoms with van der Waals surface area (Å²) in [6.45, 7) is 0.591. The van der Waals surface area contributed by atoms with Gasteiger partial charge in [-0.1, -0.05) is 66.7 Å². The lowest BCUT2D eigenvalue weighted by atomic mass is 9.99. The maximum atomic E-state index is 12.9. The normalized spacial score (nSPS) is 12.5. The SMILES string of the molecule is CN(Cc1ccccc1)C(=O)c1ccc(-c2n[nH]c3c2CCCc2ccccc2-3)cc1. The molecule has 1 N–H and O–H groups in total. The van der Waals surface area contributed by atoms with Crippen LogP contribution < -0.4 is 0 Å². The van der Waals surface area contributed by atoms with Gasteiger partial charge in [0.15, 0.2) is 0 Å². The summed E-state index contributed by atoms with van der Waals surface area (Å²) in [4.78, 5) is 14.6. The van der Waals surface area contributed by atoms with Gasteiger partial charge in [0.1, 0.15) is 0 Å². The van der Waals surface area contributed by atoms with Crippen molar-refractivity contribution in [2.24, 2.45) is 0 Å². The van der Waals surface area contributed by atoms with Gasteiger partial charge in [0, 0.05) is 35.8 Å². The highest BCUT2D eigenvalue weighted by molar-refractivity contribution is 5.94. The standard InChI is InChI=1S/C27H25N3O/c1-30(18-19-8-3-2-4-9-19)27(31)22-16-14-21(15-17-22)25-24-13-7-11-20-10-5-6-12-23(20)26(24)29-28-25/h2-6,8-10,12,14-17H,7,11,13,18H2,1H3,(H,28,29). The van der Waals surface area contributed by atoms with E-state index in [-0.39, 0.29) is 5.91 Å². The number of nitrogens with one attached hydrogen (secondary N) is 1. The number of hydrogen-bond donors (Lipinski definition) is 1. The summed E-state index contributed by atoms with van der Waals surface area (Å²) in [5.74, 6) is 0.0187. The van der Waals surface area contributed by atoms with Crippen molar-refractivity contribution in [1.29, 1.82) is 0 Å². The molecule has 1 amide bonds. The van der Waals surface area contributed by atoms with Crippen molar-refractivity contribution in [2.45, 2.75) is 25.8 Å². The first-order valence-corrected chi connectivity index (χ1v) is 10.8. The van der Waals surface area contributed by atoms with Gasteiger partial charge in [-0.05, 0) is 42.5 Å². The molecule has 0 saturated carbocycles. The lowest BCUT2D eigenvalue weighted by molar-refractivity contribution is 0.0785. The Morgan fingerprint density at radius 1 is 0.935 bits per heavy atom. The summed E-state index contributed by atoms with van der Waals surface area (Å²) in [5, 5.41) is 7.93. The highest BCUT2D eigenvalue weighted by Crippen LogP contribution is 2.36. The van der Waals surface area contributed by atoms with Gasteiger partial charge in [-0.2, -0.15) is 5.10 Å². The molecule has 1 aliphatic carbocycles. The van der Waals surface area contributed by atoms with E-state index >= 15 is 0 Å². The summed E-state index contributed by atoms with van der Waals surface area (Å²) in [6, 6.07) is 26.4. The second-order valence-corrected chi connectivity index (χ2v) is 8.16. The number of hydrogen-bond acceptors (Lipinski definition) is 2. The molecule has 0 atom stereocenters. The van der Waals surface area contributed by atoms with Gasteiger partial charge in [-0.25, -0.2) is 0 Å². The van der Waals surface area contributed by atoms with Crippen molar-refractivity contribution in [3.63, 3.8) is 0 Å². The molecule has 0 fully saturated rings. The Morgan fingerprint density at radius 2 is 1.68 bits per heavy atom. The number of aromatic amines is 1. The molecule has 4 heteroatoms. The molecule has 1 heterocycles. The Bertz CT molecular complexity index is 1210. The van der Waals surface area contributed by atoms with E-state index in [0.717, 1.165) is 41.8 Å². The number of nitrogens with zero attached hydrogens (tertiary/aromatic N) is 2. The van der Waals surface area contributed by atoms with Crippen LogP contribution in [0.3, 0.4) is 0 Å². The molecule has 1 aromatic heterocycles. The fourth-order valence-electron chi connectivity index (χ4n) is 4.43. The Balaban J connectivity index is 1.39. The molecule has 1 aliphatic rings. The summed E-state index contributed by atoms with van der Waals surface area (Å²) >= 11 is 0. The Hall–Kier alpha value is -3.66. The lowest BCUT2D eigenvalue weighted by Gasteiger charge is -2.17. The van der Waals surface area contributed by atoms with Crippen LogP contribution in [0, 0.1) is 0 Å². The fourth-order valence-corrected chi connectivity index (χ4v) is 4.43. The topological polar surface area (TPSA) is 49.0 Å². The molecule has 154 valence electrons. The van der Waals surface area contributed by atoms with Crippen LogP contribution in [0.5, 0.6) is 0 Å². The van der Waals surface area contributed by atoms with E-state index in [9.17, 15) is 4.79 Å². The third kappa shape index (κ3) is 3.77. The molecule has 0 aliphatic heterocycles. The molecule has 4 aromatic rings. The van der Waals surface area contributed by atoms with Crippen LogP contribution in [-0.2, 0) is 19.4 Å². The summed E-state index contributed by atoms with van der Waals surface area (Å²) in [6.07, 6.45) is 3.19. The molecular formula is C27H25N3O. The second kappa shape index (κ2) is 8.23. The van der Waals surface area contributed by atoms with Gasteiger partial charge in [-0.3, -0.25) is 9.89 Å². The Morgan fingerprint density at radius 3 is 2.48 bits per heavy atom. The number of amides is 1. The van der Waals surface area contributed by atoms with Gasteiger partial charge < -0.3 is 4.90 Å². The van der Waals surface area contributed by atoms with E-state index in [1.54, 1.807) is 4.90 Å². The Labute approximate surface area is 182 Å². The summed E-state index contributed by atoms with van der Waals surface area (Å²) in [5.41, 5.74) is 8.86. The Kier molecular flexibility index (Phi) is 5.13. The van der Waals surface area contributed by atoms with Crippen LogP contribution in [0.15, 0.2) is 78.9 Å². The largest absolute Gasteiger partial charge is 0.337 e. The maximum Gasteiger partial charge on any atom is 0.253 e. The molecule has 3 aromatic carbocycles. The molecule has 0 unspecified atom stereocenters. The molecule has 31 heavy (non-hydrogen) atoms. The van der Waals surface area contributed by atoms with E-state index in [2.05, 4.69) is 34.5 Å². The third-order valence-corrected chi connectivity index (χ3v) is 6.04. The van der Waals surface area contributed by atoms with Gasteiger partial charge >= 0.3 is 0 Å². The molecule has 0 saturated heterocycles. The zero-order valence-corrected chi connectivity index (χ0v) is 17.6. The van der Waals surface area contributed by atoms with Gasteiger partial charge in [0.05, 0.1) is 11.4 Å². The highest BCUT2D eigenvalue weighted by Gasteiger charge is 2.21. The zero-order chi connectivity index (χ0) is 21.2. The molecule has 0 radical (unpaired) electrons. The number of aromatic nitrogens is 2. The zero-order valence-electron chi connectivity index (χ0n) is 17.6. The molecule has 4 nitrogen and oxygen atoms in total. The summed E-state index contributed by atoms with van der Waals surface area (Å²) < 4.78 is 0. The number of H-pyrrole nitrogens is 1. The van der Waals surface area contributed by atoms with Crippen molar-refractivity contribution in [3.05, 3.63) is 101 Å². The van der Waals surface area contributed by atoms with Gasteiger partial charge in [-0.15, -0.1) is 0 Å². The van der Waals surface area contributed by atoms with Crippen molar-refractivity contribution >= 4 is 5.91 Å². The first-order valence-electron chi connectivity index (χ1n) is 10.8. The van der Waals surface area contributed by atoms with Gasteiger partial charge in [0.25, 0.3) is 5.91 Å². The van der Waals surface area contributed by atoms with Crippen molar-refractivity contribution in [1.82, 2.24) is 15.1 Å². The number of carbonyl (C=O) groups excluding carboxylic acids is 1.